The van der Waals surface area contributed by atoms with Crippen LogP contribution in [0.5, 0.6) is 0 Å². The molecule has 0 saturated carbocycles. The molecule has 2 aromatic heterocycles. The van der Waals surface area contributed by atoms with Crippen LogP contribution in [0.25, 0.3) is 11.3 Å². The Hall–Kier alpha value is -2.89. The molecule has 6 heteroatoms. The molecule has 1 aromatic carbocycles. The van der Waals surface area contributed by atoms with Gasteiger partial charge in [-0.15, -0.1) is 0 Å². The van der Waals surface area contributed by atoms with Crippen molar-refractivity contribution in [1.29, 1.82) is 0 Å². The highest BCUT2D eigenvalue weighted by molar-refractivity contribution is 5.76. The lowest BCUT2D eigenvalue weighted by Gasteiger charge is -2.15. The van der Waals surface area contributed by atoms with Crippen LogP contribution in [0.2, 0.25) is 0 Å². The third-order valence-electron chi connectivity index (χ3n) is 5.16. The van der Waals surface area contributed by atoms with E-state index in [1.165, 1.54) is 24.1 Å². The number of carbonyl (C=O) groups is 1. The number of aromatic amines is 1. The fourth-order valence-corrected chi connectivity index (χ4v) is 3.63. The number of nitrogens with zero attached hydrogens (tertiary/aromatic N) is 3. The maximum absolute atomic E-state index is 12.5. The lowest BCUT2D eigenvalue weighted by molar-refractivity contribution is -0.130. The molecule has 3 aromatic rings. The van der Waals surface area contributed by atoms with Crippen molar-refractivity contribution in [3.8, 4) is 11.3 Å². The fourth-order valence-electron chi connectivity index (χ4n) is 3.63. The number of benzene rings is 1. The molecule has 0 fully saturated rings. The van der Waals surface area contributed by atoms with E-state index < -0.39 is 0 Å². The van der Waals surface area contributed by atoms with Gasteiger partial charge in [0.2, 0.25) is 5.91 Å². The fraction of sp³-hybridized carbons (Fsp3) is 0.381. The molecule has 0 atom stereocenters. The van der Waals surface area contributed by atoms with E-state index in [0.29, 0.717) is 25.1 Å². The topological polar surface area (TPSA) is 75.0 Å². The first-order valence-electron chi connectivity index (χ1n) is 9.50. The standard InChI is InChI=1S/C21H24N4O2/c1-25(14-16-13-20(24-27-16)15-7-3-2-4-8-15)21(26)12-11-19-17-9-5-6-10-18(17)22-23-19/h2-4,7-8,13H,5-6,9-12,14H2,1H3,(H,22,23). The average Bonchev–Trinajstić information content (AvgIpc) is 3.34. The third-order valence-corrected chi connectivity index (χ3v) is 5.16. The molecule has 1 aliphatic rings. The monoisotopic (exact) mass is 364 g/mol. The van der Waals surface area contributed by atoms with Gasteiger partial charge >= 0.3 is 0 Å². The maximum atomic E-state index is 12.5. The van der Waals surface area contributed by atoms with Crippen molar-refractivity contribution in [2.45, 2.75) is 45.1 Å². The Balaban J connectivity index is 1.33. The summed E-state index contributed by atoms with van der Waals surface area (Å²) in [4.78, 5) is 14.2. The summed E-state index contributed by atoms with van der Waals surface area (Å²) in [6, 6.07) is 11.8. The van der Waals surface area contributed by atoms with Crippen LogP contribution in [-0.2, 0) is 30.6 Å². The number of hydrogen-bond acceptors (Lipinski definition) is 4. The molecule has 140 valence electrons. The molecular formula is C21H24N4O2. The first-order valence-corrected chi connectivity index (χ1v) is 9.50. The highest BCUT2D eigenvalue weighted by Gasteiger charge is 2.19. The van der Waals surface area contributed by atoms with Gasteiger partial charge in [0, 0.05) is 37.2 Å². The van der Waals surface area contributed by atoms with E-state index >= 15 is 0 Å². The van der Waals surface area contributed by atoms with Gasteiger partial charge in [-0.25, -0.2) is 0 Å². The number of carbonyl (C=O) groups excluding carboxylic acids is 1. The van der Waals surface area contributed by atoms with E-state index in [0.717, 1.165) is 29.8 Å². The van der Waals surface area contributed by atoms with Gasteiger partial charge in [0.25, 0.3) is 0 Å². The van der Waals surface area contributed by atoms with Crippen LogP contribution in [0.4, 0.5) is 0 Å². The Labute approximate surface area is 158 Å². The number of H-pyrrole nitrogens is 1. The highest BCUT2D eigenvalue weighted by atomic mass is 16.5. The normalized spacial score (nSPS) is 13.4. The average molecular weight is 364 g/mol. The van der Waals surface area contributed by atoms with E-state index in [9.17, 15) is 4.79 Å². The van der Waals surface area contributed by atoms with Gasteiger partial charge in [0.15, 0.2) is 5.76 Å². The largest absolute Gasteiger partial charge is 0.359 e. The zero-order chi connectivity index (χ0) is 18.6. The van der Waals surface area contributed by atoms with Crippen molar-refractivity contribution in [1.82, 2.24) is 20.3 Å². The van der Waals surface area contributed by atoms with Gasteiger partial charge in [-0.05, 0) is 31.2 Å². The molecule has 0 radical (unpaired) electrons. The van der Waals surface area contributed by atoms with E-state index in [4.69, 9.17) is 4.52 Å². The number of fused-ring (bicyclic) bond motifs is 1. The number of aromatic nitrogens is 3. The zero-order valence-electron chi connectivity index (χ0n) is 15.6. The summed E-state index contributed by atoms with van der Waals surface area (Å²) in [6.07, 6.45) is 5.71. The summed E-state index contributed by atoms with van der Waals surface area (Å²) in [5.41, 5.74) is 5.43. The summed E-state index contributed by atoms with van der Waals surface area (Å²) in [5.74, 6) is 0.766. The van der Waals surface area contributed by atoms with Crippen LogP contribution in [0.1, 0.15) is 42.0 Å². The number of rotatable bonds is 6. The van der Waals surface area contributed by atoms with Crippen LogP contribution in [0.15, 0.2) is 40.9 Å². The van der Waals surface area contributed by atoms with Gasteiger partial charge in [0.05, 0.1) is 12.2 Å². The molecule has 1 N–H and O–H groups in total. The van der Waals surface area contributed by atoms with Crippen LogP contribution in [-0.4, -0.2) is 33.2 Å². The molecule has 6 nitrogen and oxygen atoms in total. The van der Waals surface area contributed by atoms with Crippen molar-refractivity contribution in [2.24, 2.45) is 0 Å². The van der Waals surface area contributed by atoms with Crippen molar-refractivity contribution >= 4 is 5.91 Å². The second kappa shape index (κ2) is 7.78. The Morgan fingerprint density at radius 2 is 2.04 bits per heavy atom. The maximum Gasteiger partial charge on any atom is 0.223 e. The quantitative estimate of drug-likeness (QED) is 0.726. The SMILES string of the molecule is CN(Cc1cc(-c2ccccc2)no1)C(=O)CCc1n[nH]c2c1CCCC2. The van der Waals surface area contributed by atoms with Gasteiger partial charge in [-0.3, -0.25) is 9.89 Å². The van der Waals surface area contributed by atoms with E-state index in [1.807, 2.05) is 36.4 Å². The molecule has 1 aliphatic carbocycles. The van der Waals surface area contributed by atoms with Gasteiger partial charge < -0.3 is 9.42 Å². The van der Waals surface area contributed by atoms with Crippen molar-refractivity contribution in [2.75, 3.05) is 7.05 Å². The summed E-state index contributed by atoms with van der Waals surface area (Å²) in [5, 5.41) is 11.7. The molecule has 2 heterocycles. The first-order chi connectivity index (χ1) is 13.2. The number of amides is 1. The Morgan fingerprint density at radius 3 is 2.89 bits per heavy atom. The number of nitrogens with one attached hydrogen (secondary N) is 1. The minimum absolute atomic E-state index is 0.0835. The summed E-state index contributed by atoms with van der Waals surface area (Å²) >= 11 is 0. The second-order valence-electron chi connectivity index (χ2n) is 7.13. The minimum Gasteiger partial charge on any atom is -0.359 e. The molecular weight excluding hydrogens is 340 g/mol. The zero-order valence-corrected chi connectivity index (χ0v) is 15.6. The van der Waals surface area contributed by atoms with Gasteiger partial charge in [-0.2, -0.15) is 5.10 Å². The van der Waals surface area contributed by atoms with E-state index in [1.54, 1.807) is 11.9 Å². The molecule has 4 rings (SSSR count). The molecule has 0 aliphatic heterocycles. The predicted molar refractivity (Wildman–Crippen MR) is 102 cm³/mol. The van der Waals surface area contributed by atoms with Crippen LogP contribution < -0.4 is 0 Å². The Kier molecular flexibility index (Phi) is 5.05. The van der Waals surface area contributed by atoms with Gasteiger partial charge in [-0.1, -0.05) is 35.5 Å². The van der Waals surface area contributed by atoms with Crippen molar-refractivity contribution in [3.05, 3.63) is 59.1 Å². The third kappa shape index (κ3) is 3.94. The summed E-state index contributed by atoms with van der Waals surface area (Å²) < 4.78 is 5.40. The minimum atomic E-state index is 0.0835. The van der Waals surface area contributed by atoms with Crippen molar-refractivity contribution in [3.63, 3.8) is 0 Å². The van der Waals surface area contributed by atoms with Gasteiger partial charge in [0.1, 0.15) is 5.69 Å². The number of aryl methyl sites for hydroxylation is 2. The first kappa shape index (κ1) is 17.5. The van der Waals surface area contributed by atoms with Crippen molar-refractivity contribution < 1.29 is 9.32 Å². The second-order valence-corrected chi connectivity index (χ2v) is 7.13. The molecule has 0 unspecified atom stereocenters. The highest BCUT2D eigenvalue weighted by Crippen LogP contribution is 2.23. The summed E-state index contributed by atoms with van der Waals surface area (Å²) in [7, 11) is 1.80. The van der Waals surface area contributed by atoms with Crippen LogP contribution in [0, 0.1) is 0 Å². The Bertz CT molecular complexity index is 913. The lowest BCUT2D eigenvalue weighted by Crippen LogP contribution is -2.26. The predicted octanol–water partition coefficient (Wildman–Crippen LogP) is 3.53. The smallest absolute Gasteiger partial charge is 0.223 e. The number of hydrogen-bond donors (Lipinski definition) is 1. The molecule has 27 heavy (non-hydrogen) atoms. The van der Waals surface area contributed by atoms with Crippen LogP contribution >= 0.6 is 0 Å². The Morgan fingerprint density at radius 1 is 1.22 bits per heavy atom. The molecule has 0 bridgehead atoms. The molecule has 0 saturated heterocycles. The summed E-state index contributed by atoms with van der Waals surface area (Å²) in [6.45, 7) is 0.414. The lowest BCUT2D eigenvalue weighted by atomic mass is 9.94. The molecule has 0 spiro atoms. The molecule has 1 amide bonds. The van der Waals surface area contributed by atoms with Crippen LogP contribution in [0.3, 0.4) is 0 Å². The van der Waals surface area contributed by atoms with E-state index in [2.05, 4.69) is 15.4 Å². The van der Waals surface area contributed by atoms with E-state index in [-0.39, 0.29) is 5.91 Å².